The number of rotatable bonds is 4. The van der Waals surface area contributed by atoms with Gasteiger partial charge in [-0.05, 0) is 18.5 Å². The Kier molecular flexibility index (Phi) is 3.68. The Bertz CT molecular complexity index is 575. The predicted molar refractivity (Wildman–Crippen MR) is 67.9 cm³/mol. The Balaban J connectivity index is 2.28. The molecular formula is C9H8ClN5O2S. The summed E-state index contributed by atoms with van der Waals surface area (Å²) >= 11 is 7.14. The molecule has 0 aliphatic heterocycles. The number of halogens is 1. The first-order chi connectivity index (χ1) is 8.58. The van der Waals surface area contributed by atoms with Crippen molar-refractivity contribution in [2.24, 2.45) is 0 Å². The van der Waals surface area contributed by atoms with Crippen LogP contribution < -0.4 is 5.32 Å². The molecule has 2 aromatic rings. The van der Waals surface area contributed by atoms with Crippen LogP contribution in [-0.4, -0.2) is 19.9 Å². The van der Waals surface area contributed by atoms with Gasteiger partial charge in [0.1, 0.15) is 5.69 Å². The molecule has 2 rings (SSSR count). The normalized spacial score (nSPS) is 10.3. The average molecular weight is 286 g/mol. The van der Waals surface area contributed by atoms with E-state index in [2.05, 4.69) is 20.3 Å². The van der Waals surface area contributed by atoms with Crippen molar-refractivity contribution in [1.82, 2.24) is 15.0 Å². The summed E-state index contributed by atoms with van der Waals surface area (Å²) < 4.78 is 0. The Hall–Kier alpha value is -1.80. The largest absolute Gasteiger partial charge is 0.359 e. The van der Waals surface area contributed by atoms with Crippen LogP contribution in [0, 0.1) is 17.0 Å². The van der Waals surface area contributed by atoms with Crippen LogP contribution in [0.5, 0.6) is 0 Å². The topological polar surface area (TPSA) is 93.8 Å². The number of nitrogens with zero attached hydrogens (tertiary/aromatic N) is 4. The van der Waals surface area contributed by atoms with Gasteiger partial charge in [0.2, 0.25) is 11.1 Å². The maximum absolute atomic E-state index is 10.9. The third-order valence-corrected chi connectivity index (χ3v) is 3.08. The van der Waals surface area contributed by atoms with Crippen molar-refractivity contribution in [3.8, 4) is 0 Å². The number of hydrogen-bond donors (Lipinski definition) is 1. The maximum Gasteiger partial charge on any atom is 0.332 e. The molecule has 0 radical (unpaired) electrons. The SMILES string of the molecule is Cc1nc(Cl)nc(NCc2cncs2)c1[N+](=O)[O-]. The minimum atomic E-state index is -0.527. The van der Waals surface area contributed by atoms with E-state index in [4.69, 9.17) is 11.6 Å². The molecule has 94 valence electrons. The van der Waals surface area contributed by atoms with Gasteiger partial charge >= 0.3 is 5.69 Å². The van der Waals surface area contributed by atoms with Gasteiger partial charge in [0.05, 0.1) is 17.0 Å². The molecule has 2 heterocycles. The lowest BCUT2D eigenvalue weighted by Crippen LogP contribution is -2.07. The molecule has 0 atom stereocenters. The number of nitro groups is 1. The van der Waals surface area contributed by atoms with E-state index in [1.165, 1.54) is 18.3 Å². The van der Waals surface area contributed by atoms with Crippen molar-refractivity contribution in [3.05, 3.63) is 37.7 Å². The van der Waals surface area contributed by atoms with Gasteiger partial charge in [-0.2, -0.15) is 4.98 Å². The molecule has 0 aliphatic carbocycles. The molecule has 0 unspecified atom stereocenters. The molecule has 0 saturated heterocycles. The van der Waals surface area contributed by atoms with Crippen LogP contribution >= 0.6 is 22.9 Å². The lowest BCUT2D eigenvalue weighted by molar-refractivity contribution is -0.385. The molecule has 0 aromatic carbocycles. The first-order valence-electron chi connectivity index (χ1n) is 4.87. The number of anilines is 1. The third kappa shape index (κ3) is 2.71. The Labute approximate surface area is 111 Å². The van der Waals surface area contributed by atoms with E-state index in [0.29, 0.717) is 6.54 Å². The second kappa shape index (κ2) is 5.23. The number of hydrogen-bond acceptors (Lipinski definition) is 7. The Morgan fingerprint density at radius 2 is 2.33 bits per heavy atom. The summed E-state index contributed by atoms with van der Waals surface area (Å²) in [4.78, 5) is 22.9. The van der Waals surface area contributed by atoms with Gasteiger partial charge in [0.25, 0.3) is 0 Å². The highest BCUT2D eigenvalue weighted by molar-refractivity contribution is 7.09. The van der Waals surface area contributed by atoms with Crippen molar-refractivity contribution in [3.63, 3.8) is 0 Å². The number of thiazole rings is 1. The highest BCUT2D eigenvalue weighted by atomic mass is 35.5. The molecule has 1 N–H and O–H groups in total. The van der Waals surface area contributed by atoms with Gasteiger partial charge in [0, 0.05) is 11.1 Å². The molecule has 0 amide bonds. The summed E-state index contributed by atoms with van der Waals surface area (Å²) in [7, 11) is 0. The molecule has 9 heteroatoms. The molecule has 0 spiro atoms. The van der Waals surface area contributed by atoms with Gasteiger partial charge in [-0.15, -0.1) is 11.3 Å². The molecule has 0 bridgehead atoms. The summed E-state index contributed by atoms with van der Waals surface area (Å²) in [6.07, 6.45) is 1.68. The molecule has 18 heavy (non-hydrogen) atoms. The lowest BCUT2D eigenvalue weighted by Gasteiger charge is -2.06. The van der Waals surface area contributed by atoms with Gasteiger partial charge < -0.3 is 5.32 Å². The summed E-state index contributed by atoms with van der Waals surface area (Å²) in [5.41, 5.74) is 1.75. The van der Waals surface area contributed by atoms with E-state index < -0.39 is 4.92 Å². The van der Waals surface area contributed by atoms with Crippen LogP contribution in [0.15, 0.2) is 11.7 Å². The second-order valence-corrected chi connectivity index (χ2v) is 4.66. The van der Waals surface area contributed by atoms with E-state index in [9.17, 15) is 10.1 Å². The predicted octanol–water partition coefficient (Wildman–Crippen LogP) is 2.42. The van der Waals surface area contributed by atoms with Crippen molar-refractivity contribution in [2.45, 2.75) is 13.5 Å². The van der Waals surface area contributed by atoms with E-state index >= 15 is 0 Å². The minimum Gasteiger partial charge on any atom is -0.359 e. The first-order valence-corrected chi connectivity index (χ1v) is 6.13. The van der Waals surface area contributed by atoms with E-state index in [0.717, 1.165) is 4.88 Å². The second-order valence-electron chi connectivity index (χ2n) is 3.35. The van der Waals surface area contributed by atoms with Crippen LogP contribution in [0.3, 0.4) is 0 Å². The van der Waals surface area contributed by atoms with Gasteiger partial charge in [0.15, 0.2) is 0 Å². The molecule has 0 aliphatic rings. The minimum absolute atomic E-state index is 0.0232. The fourth-order valence-corrected chi connectivity index (χ4v) is 2.12. The number of aromatic nitrogens is 3. The van der Waals surface area contributed by atoms with Gasteiger partial charge in [-0.1, -0.05) is 0 Å². The zero-order chi connectivity index (χ0) is 13.1. The van der Waals surface area contributed by atoms with Crippen LogP contribution in [0.4, 0.5) is 11.5 Å². The molecule has 7 nitrogen and oxygen atoms in total. The maximum atomic E-state index is 10.9. The van der Waals surface area contributed by atoms with Gasteiger partial charge in [-0.25, -0.2) is 4.98 Å². The summed E-state index contributed by atoms with van der Waals surface area (Å²) in [6, 6.07) is 0. The summed E-state index contributed by atoms with van der Waals surface area (Å²) in [5, 5.41) is 13.8. The fraction of sp³-hybridized carbons (Fsp3) is 0.222. The van der Waals surface area contributed by atoms with E-state index in [-0.39, 0.29) is 22.5 Å². The van der Waals surface area contributed by atoms with Crippen LogP contribution in [0.25, 0.3) is 0 Å². The molecule has 0 fully saturated rings. The average Bonchev–Trinajstić information content (AvgIpc) is 2.77. The zero-order valence-electron chi connectivity index (χ0n) is 9.25. The van der Waals surface area contributed by atoms with Crippen molar-refractivity contribution < 1.29 is 4.92 Å². The van der Waals surface area contributed by atoms with Crippen LogP contribution in [-0.2, 0) is 6.54 Å². The Morgan fingerprint density at radius 1 is 1.56 bits per heavy atom. The van der Waals surface area contributed by atoms with Gasteiger partial charge in [-0.3, -0.25) is 15.1 Å². The first kappa shape index (κ1) is 12.7. The van der Waals surface area contributed by atoms with E-state index in [1.54, 1.807) is 11.7 Å². The van der Waals surface area contributed by atoms with Crippen molar-refractivity contribution >= 4 is 34.4 Å². The highest BCUT2D eigenvalue weighted by Crippen LogP contribution is 2.27. The quantitative estimate of drug-likeness (QED) is 0.527. The number of nitrogens with one attached hydrogen (secondary N) is 1. The smallest absolute Gasteiger partial charge is 0.332 e. The van der Waals surface area contributed by atoms with Crippen LogP contribution in [0.2, 0.25) is 5.28 Å². The lowest BCUT2D eigenvalue weighted by atomic mass is 10.3. The number of aryl methyl sites for hydroxylation is 1. The zero-order valence-corrected chi connectivity index (χ0v) is 10.8. The van der Waals surface area contributed by atoms with Crippen LogP contribution in [0.1, 0.15) is 10.6 Å². The third-order valence-electron chi connectivity index (χ3n) is 2.13. The summed E-state index contributed by atoms with van der Waals surface area (Å²) in [6.45, 7) is 1.92. The Morgan fingerprint density at radius 3 is 2.94 bits per heavy atom. The standard InChI is InChI=1S/C9H8ClN5O2S/c1-5-7(15(16)17)8(14-9(10)13-5)12-3-6-2-11-4-18-6/h2,4H,3H2,1H3,(H,12,13,14). The monoisotopic (exact) mass is 285 g/mol. The van der Waals surface area contributed by atoms with Crippen molar-refractivity contribution in [1.29, 1.82) is 0 Å². The van der Waals surface area contributed by atoms with E-state index in [1.807, 2.05) is 0 Å². The molecular weight excluding hydrogens is 278 g/mol. The molecule has 0 saturated carbocycles. The fourth-order valence-electron chi connectivity index (χ4n) is 1.37. The van der Waals surface area contributed by atoms with Crippen molar-refractivity contribution in [2.75, 3.05) is 5.32 Å². The highest BCUT2D eigenvalue weighted by Gasteiger charge is 2.21. The summed E-state index contributed by atoms with van der Waals surface area (Å²) in [5.74, 6) is 0.117. The molecule has 2 aromatic heterocycles.